The molecule has 0 heterocycles. The number of aliphatic carboxylic acids is 1. The first kappa shape index (κ1) is 12.5. The quantitative estimate of drug-likeness (QED) is 0.800. The zero-order chi connectivity index (χ0) is 12.1. The van der Waals surface area contributed by atoms with Crippen LogP contribution in [0.5, 0.6) is 5.75 Å². The van der Waals surface area contributed by atoms with Crippen LogP contribution in [0.25, 0.3) is 0 Å². The summed E-state index contributed by atoms with van der Waals surface area (Å²) in [6, 6.07) is 6.73. The van der Waals surface area contributed by atoms with E-state index in [0.29, 0.717) is 0 Å². The van der Waals surface area contributed by atoms with Gasteiger partial charge in [-0.25, -0.2) is 0 Å². The largest absolute Gasteiger partial charge is 0.491 e. The van der Waals surface area contributed by atoms with Crippen molar-refractivity contribution in [2.24, 2.45) is 5.73 Å². The highest BCUT2D eigenvalue weighted by Crippen LogP contribution is 2.19. The van der Waals surface area contributed by atoms with E-state index >= 15 is 0 Å². The van der Waals surface area contributed by atoms with Crippen molar-refractivity contribution in [3.05, 3.63) is 29.8 Å². The van der Waals surface area contributed by atoms with E-state index in [1.54, 1.807) is 24.3 Å². The monoisotopic (exact) mass is 223 g/mol. The van der Waals surface area contributed by atoms with Crippen molar-refractivity contribution in [1.29, 1.82) is 0 Å². The fourth-order valence-corrected chi connectivity index (χ4v) is 1.37. The van der Waals surface area contributed by atoms with Crippen molar-refractivity contribution in [2.45, 2.75) is 32.4 Å². The number of hydrogen-bond donors (Lipinski definition) is 2. The van der Waals surface area contributed by atoms with Crippen molar-refractivity contribution >= 4 is 5.97 Å². The van der Waals surface area contributed by atoms with Gasteiger partial charge in [-0.2, -0.15) is 0 Å². The number of hydrogen-bond acceptors (Lipinski definition) is 3. The minimum absolute atomic E-state index is 0.0651. The zero-order valence-electron chi connectivity index (χ0n) is 9.51. The Hall–Kier alpha value is -1.55. The summed E-state index contributed by atoms with van der Waals surface area (Å²) >= 11 is 0. The predicted octanol–water partition coefficient (Wildman–Crippen LogP) is 1.95. The lowest BCUT2D eigenvalue weighted by Gasteiger charge is -2.12. The SMILES string of the molecule is CC(C)Oc1ccc([C@H](N)CC(=O)O)cc1. The molecule has 88 valence electrons. The number of rotatable bonds is 5. The summed E-state index contributed by atoms with van der Waals surface area (Å²) in [6.45, 7) is 3.90. The maximum absolute atomic E-state index is 10.5. The van der Waals surface area contributed by atoms with Crippen molar-refractivity contribution in [2.75, 3.05) is 0 Å². The lowest BCUT2D eigenvalue weighted by Crippen LogP contribution is -2.15. The van der Waals surface area contributed by atoms with E-state index in [9.17, 15) is 4.79 Å². The zero-order valence-corrected chi connectivity index (χ0v) is 9.51. The van der Waals surface area contributed by atoms with Crippen molar-refractivity contribution in [1.82, 2.24) is 0 Å². The van der Waals surface area contributed by atoms with E-state index < -0.39 is 12.0 Å². The Morgan fingerprint density at radius 1 is 1.38 bits per heavy atom. The van der Waals surface area contributed by atoms with Crippen LogP contribution in [0.2, 0.25) is 0 Å². The number of carboxylic acid groups (broad SMARTS) is 1. The van der Waals surface area contributed by atoms with Crippen LogP contribution in [0, 0.1) is 0 Å². The van der Waals surface area contributed by atoms with E-state index in [1.165, 1.54) is 0 Å². The highest BCUT2D eigenvalue weighted by molar-refractivity contribution is 5.67. The molecule has 4 heteroatoms. The predicted molar refractivity (Wildman–Crippen MR) is 61.4 cm³/mol. The van der Waals surface area contributed by atoms with Crippen molar-refractivity contribution < 1.29 is 14.6 Å². The second kappa shape index (κ2) is 5.51. The smallest absolute Gasteiger partial charge is 0.305 e. The van der Waals surface area contributed by atoms with Crippen LogP contribution < -0.4 is 10.5 Å². The highest BCUT2D eigenvalue weighted by Gasteiger charge is 2.10. The van der Waals surface area contributed by atoms with Gasteiger partial charge in [0, 0.05) is 6.04 Å². The highest BCUT2D eigenvalue weighted by atomic mass is 16.5. The van der Waals surface area contributed by atoms with Crippen LogP contribution in [0.15, 0.2) is 24.3 Å². The summed E-state index contributed by atoms with van der Waals surface area (Å²) in [7, 11) is 0. The van der Waals surface area contributed by atoms with Gasteiger partial charge in [-0.1, -0.05) is 12.1 Å². The molecule has 1 rings (SSSR count). The first-order valence-corrected chi connectivity index (χ1v) is 5.23. The Kier molecular flexibility index (Phi) is 4.31. The molecule has 0 saturated heterocycles. The molecule has 3 N–H and O–H groups in total. The standard InChI is InChI=1S/C12H17NO3/c1-8(2)16-10-5-3-9(4-6-10)11(13)7-12(14)15/h3-6,8,11H,7,13H2,1-2H3,(H,14,15)/t11-/m1/s1. The number of benzene rings is 1. The van der Waals surface area contributed by atoms with Crippen LogP contribution in [0.3, 0.4) is 0 Å². The normalized spacial score (nSPS) is 12.5. The van der Waals surface area contributed by atoms with Gasteiger partial charge in [0.15, 0.2) is 0 Å². The lowest BCUT2D eigenvalue weighted by molar-refractivity contribution is -0.137. The molecule has 4 nitrogen and oxygen atoms in total. The molecule has 16 heavy (non-hydrogen) atoms. The second-order valence-electron chi connectivity index (χ2n) is 3.94. The van der Waals surface area contributed by atoms with Gasteiger partial charge in [0.1, 0.15) is 5.75 Å². The van der Waals surface area contributed by atoms with Crippen LogP contribution in [0.1, 0.15) is 31.9 Å². The topological polar surface area (TPSA) is 72.5 Å². The molecule has 0 aromatic heterocycles. The maximum Gasteiger partial charge on any atom is 0.305 e. The molecule has 1 atom stereocenters. The maximum atomic E-state index is 10.5. The molecule has 0 radical (unpaired) electrons. The summed E-state index contributed by atoms with van der Waals surface area (Å²) in [5, 5.41) is 8.61. The number of ether oxygens (including phenoxy) is 1. The fourth-order valence-electron chi connectivity index (χ4n) is 1.37. The Labute approximate surface area is 95.0 Å². The van der Waals surface area contributed by atoms with Gasteiger partial charge in [-0.05, 0) is 31.5 Å². The Morgan fingerprint density at radius 2 is 1.94 bits per heavy atom. The van der Waals surface area contributed by atoms with Crippen LogP contribution in [-0.4, -0.2) is 17.2 Å². The van der Waals surface area contributed by atoms with Gasteiger partial charge < -0.3 is 15.6 Å². The summed E-state index contributed by atoms with van der Waals surface area (Å²) in [6.07, 6.45) is 0.0586. The van der Waals surface area contributed by atoms with E-state index in [4.69, 9.17) is 15.6 Å². The first-order valence-electron chi connectivity index (χ1n) is 5.23. The van der Waals surface area contributed by atoms with E-state index in [-0.39, 0.29) is 12.5 Å². The van der Waals surface area contributed by atoms with Crippen molar-refractivity contribution in [3.8, 4) is 5.75 Å². The van der Waals surface area contributed by atoms with Gasteiger partial charge in [-0.3, -0.25) is 4.79 Å². The molecule has 0 saturated carbocycles. The number of nitrogens with two attached hydrogens (primary N) is 1. The molecule has 0 aliphatic rings. The number of carbonyl (C=O) groups is 1. The fraction of sp³-hybridized carbons (Fsp3) is 0.417. The van der Waals surface area contributed by atoms with Crippen LogP contribution in [0.4, 0.5) is 0 Å². The average Bonchev–Trinajstić information content (AvgIpc) is 2.16. The van der Waals surface area contributed by atoms with E-state index in [0.717, 1.165) is 11.3 Å². The molecule has 0 bridgehead atoms. The molecule has 0 aliphatic carbocycles. The third-order valence-electron chi connectivity index (χ3n) is 2.07. The molecule has 1 aromatic rings. The van der Waals surface area contributed by atoms with Gasteiger partial charge in [0.05, 0.1) is 12.5 Å². The minimum Gasteiger partial charge on any atom is -0.491 e. The van der Waals surface area contributed by atoms with E-state index in [2.05, 4.69) is 0 Å². The molecule has 0 aliphatic heterocycles. The summed E-state index contributed by atoms with van der Waals surface area (Å²) in [5.41, 5.74) is 6.53. The molecular weight excluding hydrogens is 206 g/mol. The summed E-state index contributed by atoms with van der Waals surface area (Å²) in [4.78, 5) is 10.5. The van der Waals surface area contributed by atoms with E-state index in [1.807, 2.05) is 13.8 Å². The van der Waals surface area contributed by atoms with Gasteiger partial charge in [0.2, 0.25) is 0 Å². The Bertz CT molecular complexity index is 346. The van der Waals surface area contributed by atoms with Crippen molar-refractivity contribution in [3.63, 3.8) is 0 Å². The third-order valence-corrected chi connectivity index (χ3v) is 2.07. The van der Waals surface area contributed by atoms with Gasteiger partial charge in [-0.15, -0.1) is 0 Å². The third kappa shape index (κ3) is 3.90. The minimum atomic E-state index is -0.894. The Balaban J connectivity index is 2.66. The van der Waals surface area contributed by atoms with Crippen LogP contribution >= 0.6 is 0 Å². The average molecular weight is 223 g/mol. The van der Waals surface area contributed by atoms with Crippen LogP contribution in [-0.2, 0) is 4.79 Å². The second-order valence-corrected chi connectivity index (χ2v) is 3.94. The Morgan fingerprint density at radius 3 is 2.38 bits per heavy atom. The van der Waals surface area contributed by atoms with Gasteiger partial charge in [0.25, 0.3) is 0 Å². The van der Waals surface area contributed by atoms with Gasteiger partial charge >= 0.3 is 5.97 Å². The number of carboxylic acids is 1. The molecule has 0 unspecified atom stereocenters. The molecule has 1 aromatic carbocycles. The lowest BCUT2D eigenvalue weighted by atomic mass is 10.0. The molecule has 0 spiro atoms. The molecule has 0 amide bonds. The first-order chi connectivity index (χ1) is 7.49. The molecule has 0 fully saturated rings. The summed E-state index contributed by atoms with van der Waals surface area (Å²) < 4.78 is 5.47. The molecular formula is C12H17NO3. The summed E-state index contributed by atoms with van der Waals surface area (Å²) in [5.74, 6) is -0.128.